The molecule has 0 aliphatic heterocycles. The van der Waals surface area contributed by atoms with Gasteiger partial charge in [0.1, 0.15) is 0 Å². The highest BCUT2D eigenvalue weighted by molar-refractivity contribution is 5.95. The minimum atomic E-state index is -1.36. The second kappa shape index (κ2) is 8.37. The summed E-state index contributed by atoms with van der Waals surface area (Å²) in [6.07, 6.45) is 2.51. The highest BCUT2D eigenvalue weighted by Crippen LogP contribution is 2.68. The molecule has 4 rings (SSSR count). The summed E-state index contributed by atoms with van der Waals surface area (Å²) in [5.41, 5.74) is -3.03. The summed E-state index contributed by atoms with van der Waals surface area (Å²) < 4.78 is 0. The van der Waals surface area contributed by atoms with Crippen LogP contribution in [-0.2, 0) is 4.79 Å². The quantitative estimate of drug-likeness (QED) is 0.415. The number of fused-ring (bicyclic) bond motifs is 5. The number of rotatable bonds is 5. The first-order chi connectivity index (χ1) is 15.6. The third-order valence-corrected chi connectivity index (χ3v) is 11.2. The maximum absolute atomic E-state index is 13.3. The van der Waals surface area contributed by atoms with Crippen LogP contribution in [0.4, 0.5) is 0 Å². The average molecular weight is 479 g/mol. The molecular formula is C28H46O6. The Hall–Kier alpha value is -0.790. The first-order valence-corrected chi connectivity index (χ1v) is 13.3. The summed E-state index contributed by atoms with van der Waals surface area (Å²) in [6.45, 7) is 12.1. The van der Waals surface area contributed by atoms with Gasteiger partial charge in [-0.25, -0.2) is 0 Å². The zero-order valence-electron chi connectivity index (χ0n) is 21.8. The van der Waals surface area contributed by atoms with Crippen molar-refractivity contribution in [1.29, 1.82) is 0 Å². The smallest absolute Gasteiger partial charge is 0.159 e. The number of hydrogen-bond donors (Lipinski definition) is 5. The highest BCUT2D eigenvalue weighted by atomic mass is 16.3. The lowest BCUT2D eigenvalue weighted by atomic mass is 9.45. The number of ketones is 1. The van der Waals surface area contributed by atoms with E-state index in [9.17, 15) is 30.3 Å². The van der Waals surface area contributed by atoms with Crippen molar-refractivity contribution in [2.75, 3.05) is 0 Å². The normalized spacial score (nSPS) is 47.8. The van der Waals surface area contributed by atoms with E-state index in [-0.39, 0.29) is 35.9 Å². The average Bonchev–Trinajstić information content (AvgIpc) is 3.02. The van der Waals surface area contributed by atoms with Crippen molar-refractivity contribution in [3.63, 3.8) is 0 Å². The molecule has 0 radical (unpaired) electrons. The maximum Gasteiger partial charge on any atom is 0.159 e. The fraction of sp³-hybridized carbons (Fsp3) is 0.893. The summed E-state index contributed by atoms with van der Waals surface area (Å²) in [5, 5.41) is 55.8. The SMILES string of the molecule is CC(C)[C@@H](C)C[C@@H](O)[C@](C)(O)[C@@H]1CC[C@@]2(O)C3=CC(=O)[C@@H]4C[C@@H](O)[C@@H](O)C[C@]4(C)[C@@H]3CC[C@]12C. The number of carbonyl (C=O) groups is 1. The largest absolute Gasteiger partial charge is 0.390 e. The lowest BCUT2D eigenvalue weighted by Crippen LogP contribution is -2.62. The minimum Gasteiger partial charge on any atom is -0.390 e. The number of aliphatic hydroxyl groups is 5. The first kappa shape index (κ1) is 26.3. The first-order valence-electron chi connectivity index (χ1n) is 13.3. The van der Waals surface area contributed by atoms with Crippen molar-refractivity contribution in [2.45, 2.75) is 116 Å². The highest BCUT2D eigenvalue weighted by Gasteiger charge is 2.69. The van der Waals surface area contributed by atoms with Gasteiger partial charge in [-0.15, -0.1) is 0 Å². The fourth-order valence-corrected chi connectivity index (χ4v) is 8.40. The fourth-order valence-electron chi connectivity index (χ4n) is 8.40. The Balaban J connectivity index is 1.68. The van der Waals surface area contributed by atoms with Gasteiger partial charge < -0.3 is 25.5 Å². The van der Waals surface area contributed by atoms with Gasteiger partial charge in [-0.2, -0.15) is 0 Å². The van der Waals surface area contributed by atoms with E-state index in [0.29, 0.717) is 38.0 Å². The third kappa shape index (κ3) is 3.58. The molecule has 34 heavy (non-hydrogen) atoms. The Morgan fingerprint density at radius 3 is 2.35 bits per heavy atom. The van der Waals surface area contributed by atoms with Crippen LogP contribution in [0.2, 0.25) is 0 Å². The molecular weight excluding hydrogens is 432 g/mol. The molecule has 3 saturated carbocycles. The van der Waals surface area contributed by atoms with Crippen LogP contribution in [0.15, 0.2) is 11.6 Å². The van der Waals surface area contributed by atoms with Crippen LogP contribution in [0.1, 0.15) is 86.5 Å². The van der Waals surface area contributed by atoms with E-state index < -0.39 is 40.3 Å². The molecule has 0 amide bonds. The molecule has 6 heteroatoms. The summed E-state index contributed by atoms with van der Waals surface area (Å²) in [5.74, 6) is -0.126. The lowest BCUT2D eigenvalue weighted by molar-refractivity contribution is -0.177. The number of aliphatic hydroxyl groups excluding tert-OH is 3. The summed E-state index contributed by atoms with van der Waals surface area (Å²) in [7, 11) is 0. The molecule has 4 aliphatic rings. The van der Waals surface area contributed by atoms with E-state index in [1.807, 2.05) is 13.8 Å². The van der Waals surface area contributed by atoms with Crippen molar-refractivity contribution in [2.24, 2.45) is 40.4 Å². The molecule has 11 atom stereocenters. The predicted molar refractivity (Wildman–Crippen MR) is 130 cm³/mol. The van der Waals surface area contributed by atoms with Crippen LogP contribution in [0, 0.1) is 40.4 Å². The molecule has 4 aliphatic carbocycles. The van der Waals surface area contributed by atoms with Gasteiger partial charge in [-0.3, -0.25) is 4.79 Å². The molecule has 0 aromatic rings. The molecule has 0 bridgehead atoms. The zero-order valence-corrected chi connectivity index (χ0v) is 21.8. The zero-order chi connectivity index (χ0) is 25.4. The van der Waals surface area contributed by atoms with E-state index >= 15 is 0 Å². The van der Waals surface area contributed by atoms with E-state index in [4.69, 9.17) is 0 Å². The van der Waals surface area contributed by atoms with Crippen LogP contribution in [-0.4, -0.2) is 60.8 Å². The lowest BCUT2D eigenvalue weighted by Gasteiger charge is -2.60. The Morgan fingerprint density at radius 2 is 1.74 bits per heavy atom. The summed E-state index contributed by atoms with van der Waals surface area (Å²) >= 11 is 0. The van der Waals surface area contributed by atoms with Crippen LogP contribution in [0.3, 0.4) is 0 Å². The minimum absolute atomic E-state index is 0.0509. The van der Waals surface area contributed by atoms with Crippen molar-refractivity contribution < 1.29 is 30.3 Å². The van der Waals surface area contributed by atoms with Crippen LogP contribution >= 0.6 is 0 Å². The van der Waals surface area contributed by atoms with Gasteiger partial charge >= 0.3 is 0 Å². The third-order valence-electron chi connectivity index (χ3n) is 11.2. The molecule has 0 aromatic carbocycles. The molecule has 3 fully saturated rings. The van der Waals surface area contributed by atoms with Crippen LogP contribution < -0.4 is 0 Å². The number of carbonyl (C=O) groups excluding carboxylic acids is 1. The van der Waals surface area contributed by atoms with Gasteiger partial charge in [0.15, 0.2) is 5.78 Å². The molecule has 0 saturated heterocycles. The number of hydrogen-bond acceptors (Lipinski definition) is 6. The van der Waals surface area contributed by atoms with Gasteiger partial charge in [0.05, 0.1) is 29.5 Å². The molecule has 0 heterocycles. The van der Waals surface area contributed by atoms with Gasteiger partial charge in [0.25, 0.3) is 0 Å². The van der Waals surface area contributed by atoms with E-state index in [1.54, 1.807) is 13.0 Å². The number of allylic oxidation sites excluding steroid dienone is 1. The van der Waals surface area contributed by atoms with Crippen molar-refractivity contribution in [3.05, 3.63) is 11.6 Å². The Bertz CT molecular complexity index is 850. The second-order valence-electron chi connectivity index (χ2n) is 13.3. The monoisotopic (exact) mass is 478 g/mol. The van der Waals surface area contributed by atoms with E-state index in [0.717, 1.165) is 12.0 Å². The maximum atomic E-state index is 13.3. The predicted octanol–water partition coefficient (Wildman–Crippen LogP) is 2.99. The summed E-state index contributed by atoms with van der Waals surface area (Å²) in [6, 6.07) is 0. The molecule has 194 valence electrons. The van der Waals surface area contributed by atoms with Gasteiger partial charge in [-0.1, -0.05) is 34.6 Å². The Labute approximate surface area is 204 Å². The molecule has 0 aromatic heterocycles. The van der Waals surface area contributed by atoms with Crippen LogP contribution in [0.5, 0.6) is 0 Å². The summed E-state index contributed by atoms with van der Waals surface area (Å²) in [4.78, 5) is 13.3. The van der Waals surface area contributed by atoms with Crippen LogP contribution in [0.25, 0.3) is 0 Å². The molecule has 5 N–H and O–H groups in total. The van der Waals surface area contributed by atoms with Crippen molar-refractivity contribution >= 4 is 5.78 Å². The Kier molecular flexibility index (Phi) is 6.47. The molecule has 0 unspecified atom stereocenters. The van der Waals surface area contributed by atoms with Gasteiger partial charge in [0.2, 0.25) is 0 Å². The molecule has 6 nitrogen and oxygen atoms in total. The van der Waals surface area contributed by atoms with E-state index in [2.05, 4.69) is 20.8 Å². The standard InChI is InChI=1S/C28H46O6/c1-15(2)16(3)11-24(32)27(6,33)23-8-10-28(34)18-12-20(29)19-13-21(30)22(31)14-25(19,4)17(18)7-9-26(23,28)5/h12,15-17,19,21-24,30-34H,7-11,13-14H2,1-6H3/t16-,17+,19-,21+,22-,23+,24+,25+,26+,27+,28+/m0/s1. The van der Waals surface area contributed by atoms with E-state index in [1.165, 1.54) is 0 Å². The van der Waals surface area contributed by atoms with Gasteiger partial charge in [-0.05, 0) is 92.6 Å². The van der Waals surface area contributed by atoms with Gasteiger partial charge in [0, 0.05) is 11.3 Å². The second-order valence-corrected chi connectivity index (χ2v) is 13.3. The Morgan fingerprint density at radius 1 is 1.09 bits per heavy atom. The van der Waals surface area contributed by atoms with Crippen molar-refractivity contribution in [3.8, 4) is 0 Å². The molecule has 0 spiro atoms. The van der Waals surface area contributed by atoms with Crippen molar-refractivity contribution in [1.82, 2.24) is 0 Å². The topological polar surface area (TPSA) is 118 Å².